The van der Waals surface area contributed by atoms with Crippen LogP contribution < -0.4 is 11.1 Å². The highest BCUT2D eigenvalue weighted by molar-refractivity contribution is 8.00. The molecule has 0 unspecified atom stereocenters. The van der Waals surface area contributed by atoms with E-state index in [-0.39, 0.29) is 11.9 Å². The number of thioether (sulfide) groups is 1. The van der Waals surface area contributed by atoms with Gasteiger partial charge in [0.2, 0.25) is 0 Å². The highest BCUT2D eigenvalue weighted by Gasteiger charge is 2.21. The lowest BCUT2D eigenvalue weighted by Gasteiger charge is -2.26. The summed E-state index contributed by atoms with van der Waals surface area (Å²) in [6, 6.07) is 5.20. The number of nitrogens with two attached hydrogens (primary N) is 1. The molecule has 1 saturated heterocycles. The van der Waals surface area contributed by atoms with Crippen molar-refractivity contribution < 1.29 is 4.79 Å². The Hall–Kier alpha value is -0.870. The minimum atomic E-state index is -0.141. The highest BCUT2D eigenvalue weighted by atomic mass is 35.5. The van der Waals surface area contributed by atoms with Crippen LogP contribution >= 0.6 is 23.4 Å². The molecule has 15 heavy (non-hydrogen) atoms. The number of halogens is 1. The quantitative estimate of drug-likeness (QED) is 0.778. The van der Waals surface area contributed by atoms with Crippen LogP contribution in [0.15, 0.2) is 18.2 Å². The number of anilines is 1. The highest BCUT2D eigenvalue weighted by Crippen LogP contribution is 2.21. The van der Waals surface area contributed by atoms with Crippen LogP contribution in [0.25, 0.3) is 0 Å². The molecule has 1 aromatic rings. The van der Waals surface area contributed by atoms with Crippen LogP contribution in [0.5, 0.6) is 0 Å². The van der Waals surface area contributed by atoms with Crippen LogP contribution in [0.4, 0.5) is 5.69 Å². The maximum Gasteiger partial charge on any atom is 0.253 e. The van der Waals surface area contributed by atoms with Crippen molar-refractivity contribution in [3.8, 4) is 0 Å². The number of carbonyl (C=O) groups excluding carboxylic acids is 1. The van der Waals surface area contributed by atoms with Crippen molar-refractivity contribution in [2.24, 2.45) is 0 Å². The molecule has 0 atom stereocenters. The summed E-state index contributed by atoms with van der Waals surface area (Å²) in [5.74, 6) is 1.81. The summed E-state index contributed by atoms with van der Waals surface area (Å²) >= 11 is 7.73. The van der Waals surface area contributed by atoms with Gasteiger partial charge in [0.25, 0.3) is 5.91 Å². The van der Waals surface area contributed by atoms with Crippen molar-refractivity contribution in [2.75, 3.05) is 17.2 Å². The molecule has 3 nitrogen and oxygen atoms in total. The Morgan fingerprint density at radius 3 is 2.87 bits per heavy atom. The van der Waals surface area contributed by atoms with Crippen molar-refractivity contribution in [3.63, 3.8) is 0 Å². The Bertz CT molecular complexity index is 393. The first-order valence-corrected chi connectivity index (χ1v) is 6.14. The van der Waals surface area contributed by atoms with Gasteiger partial charge in [0, 0.05) is 23.2 Å². The second-order valence-corrected chi connectivity index (χ2v) is 4.93. The van der Waals surface area contributed by atoms with Crippen LogP contribution in [0.1, 0.15) is 10.4 Å². The van der Waals surface area contributed by atoms with E-state index < -0.39 is 0 Å². The number of carbonyl (C=O) groups is 1. The molecule has 1 fully saturated rings. The normalized spacial score (nSPS) is 15.8. The molecular weight excluding hydrogens is 232 g/mol. The van der Waals surface area contributed by atoms with Crippen molar-refractivity contribution in [1.82, 2.24) is 5.32 Å². The minimum Gasteiger partial charge on any atom is -0.399 e. The second kappa shape index (κ2) is 4.33. The van der Waals surface area contributed by atoms with Crippen LogP contribution in [0, 0.1) is 0 Å². The molecule has 80 valence electrons. The first-order valence-electron chi connectivity index (χ1n) is 4.60. The molecule has 0 spiro atoms. The van der Waals surface area contributed by atoms with Crippen LogP contribution in [-0.2, 0) is 0 Å². The van der Waals surface area contributed by atoms with Gasteiger partial charge in [-0.1, -0.05) is 11.6 Å². The zero-order valence-corrected chi connectivity index (χ0v) is 9.57. The Balaban J connectivity index is 2.12. The second-order valence-electron chi connectivity index (χ2n) is 3.45. The molecule has 0 aromatic heterocycles. The molecule has 0 bridgehead atoms. The van der Waals surface area contributed by atoms with E-state index >= 15 is 0 Å². The molecule has 1 aromatic carbocycles. The average molecular weight is 243 g/mol. The molecule has 1 heterocycles. The minimum absolute atomic E-state index is 0.141. The molecular formula is C10H11ClN2OS. The fraction of sp³-hybridized carbons (Fsp3) is 0.300. The molecule has 1 aliphatic rings. The summed E-state index contributed by atoms with van der Waals surface area (Å²) in [5, 5.41) is 3.34. The Morgan fingerprint density at radius 1 is 1.53 bits per heavy atom. The number of rotatable bonds is 2. The fourth-order valence-corrected chi connectivity index (χ4v) is 2.14. The van der Waals surface area contributed by atoms with Gasteiger partial charge in [-0.15, -0.1) is 0 Å². The van der Waals surface area contributed by atoms with Gasteiger partial charge >= 0.3 is 0 Å². The van der Waals surface area contributed by atoms with Crippen LogP contribution in [0.3, 0.4) is 0 Å². The van der Waals surface area contributed by atoms with Gasteiger partial charge in [0.05, 0.1) is 10.6 Å². The third-order valence-corrected chi connectivity index (χ3v) is 3.81. The van der Waals surface area contributed by atoms with E-state index in [2.05, 4.69) is 5.32 Å². The maximum absolute atomic E-state index is 11.8. The van der Waals surface area contributed by atoms with Gasteiger partial charge in [0.15, 0.2) is 0 Å². The molecule has 3 N–H and O–H groups in total. The van der Waals surface area contributed by atoms with Gasteiger partial charge in [0.1, 0.15) is 0 Å². The topological polar surface area (TPSA) is 55.1 Å². The fourth-order valence-electron chi connectivity index (χ4n) is 1.30. The largest absolute Gasteiger partial charge is 0.399 e. The third-order valence-electron chi connectivity index (χ3n) is 2.21. The van der Waals surface area contributed by atoms with Crippen molar-refractivity contribution >= 4 is 35.0 Å². The lowest BCUT2D eigenvalue weighted by atomic mass is 10.2. The monoisotopic (exact) mass is 242 g/mol. The summed E-state index contributed by atoms with van der Waals surface area (Å²) in [6.07, 6.45) is 0. The standard InChI is InChI=1S/C10H11ClN2OS/c11-9-2-1-6(12)3-8(9)10(14)13-7-4-15-5-7/h1-3,7H,4-5,12H2,(H,13,14). The Morgan fingerprint density at radius 2 is 2.27 bits per heavy atom. The third kappa shape index (κ3) is 2.38. The van der Waals surface area contributed by atoms with Crippen LogP contribution in [-0.4, -0.2) is 23.5 Å². The molecule has 0 radical (unpaired) electrons. The predicted molar refractivity (Wildman–Crippen MR) is 64.4 cm³/mol. The van der Waals surface area contributed by atoms with E-state index in [9.17, 15) is 4.79 Å². The van der Waals surface area contributed by atoms with Crippen molar-refractivity contribution in [3.05, 3.63) is 28.8 Å². The van der Waals surface area contributed by atoms with E-state index in [1.165, 1.54) is 0 Å². The van der Waals surface area contributed by atoms with E-state index in [0.717, 1.165) is 11.5 Å². The lowest BCUT2D eigenvalue weighted by Crippen LogP contribution is -2.43. The maximum atomic E-state index is 11.8. The zero-order chi connectivity index (χ0) is 10.8. The number of hydrogen-bond acceptors (Lipinski definition) is 3. The Kier molecular flexibility index (Phi) is 3.07. The van der Waals surface area contributed by atoms with Crippen molar-refractivity contribution in [2.45, 2.75) is 6.04 Å². The van der Waals surface area contributed by atoms with Gasteiger partial charge in [-0.25, -0.2) is 0 Å². The number of hydrogen-bond donors (Lipinski definition) is 2. The molecule has 0 saturated carbocycles. The van der Waals surface area contributed by atoms with Crippen LogP contribution in [0.2, 0.25) is 5.02 Å². The average Bonchev–Trinajstić information content (AvgIpc) is 2.15. The first kappa shape index (κ1) is 10.6. The van der Waals surface area contributed by atoms with Gasteiger partial charge in [-0.3, -0.25) is 4.79 Å². The van der Waals surface area contributed by atoms with Gasteiger partial charge in [-0.2, -0.15) is 11.8 Å². The molecule has 1 amide bonds. The summed E-state index contributed by atoms with van der Waals surface area (Å²) in [4.78, 5) is 11.8. The summed E-state index contributed by atoms with van der Waals surface area (Å²) in [6.45, 7) is 0. The first-order chi connectivity index (χ1) is 7.16. The van der Waals surface area contributed by atoms with Crippen molar-refractivity contribution in [1.29, 1.82) is 0 Å². The SMILES string of the molecule is Nc1ccc(Cl)c(C(=O)NC2CSC2)c1. The van der Waals surface area contributed by atoms with E-state index in [0.29, 0.717) is 16.3 Å². The lowest BCUT2D eigenvalue weighted by molar-refractivity contribution is 0.0943. The summed E-state index contributed by atoms with van der Waals surface area (Å²) in [5.41, 5.74) is 6.60. The number of benzene rings is 1. The molecule has 2 rings (SSSR count). The number of nitrogen functional groups attached to an aromatic ring is 1. The zero-order valence-electron chi connectivity index (χ0n) is 8.00. The Labute approximate surface area is 97.4 Å². The molecule has 1 aliphatic heterocycles. The smallest absolute Gasteiger partial charge is 0.253 e. The van der Waals surface area contributed by atoms with Gasteiger partial charge < -0.3 is 11.1 Å². The van der Waals surface area contributed by atoms with E-state index in [1.54, 1.807) is 18.2 Å². The molecule has 5 heteroatoms. The number of nitrogens with one attached hydrogen (secondary N) is 1. The number of amides is 1. The van der Waals surface area contributed by atoms with Gasteiger partial charge in [-0.05, 0) is 18.2 Å². The summed E-state index contributed by atoms with van der Waals surface area (Å²) < 4.78 is 0. The molecule has 0 aliphatic carbocycles. The summed E-state index contributed by atoms with van der Waals surface area (Å²) in [7, 11) is 0. The predicted octanol–water partition coefficient (Wildman–Crippen LogP) is 1.77. The van der Waals surface area contributed by atoms with E-state index in [4.69, 9.17) is 17.3 Å². The van der Waals surface area contributed by atoms with E-state index in [1.807, 2.05) is 11.8 Å².